The van der Waals surface area contributed by atoms with Crippen molar-refractivity contribution in [2.24, 2.45) is 10.8 Å². The number of thiocarbonyl (C=S) groups is 1. The van der Waals surface area contributed by atoms with E-state index in [1.165, 1.54) is 11.8 Å². The highest BCUT2D eigenvalue weighted by atomic mass is 32.2. The number of phenolic OH excluding ortho intramolecular Hbond substituents is 1. The molecule has 3 rings (SSSR count). The van der Waals surface area contributed by atoms with Gasteiger partial charge in [-0.05, 0) is 53.8 Å². The van der Waals surface area contributed by atoms with E-state index in [-0.39, 0.29) is 10.9 Å². The summed E-state index contributed by atoms with van der Waals surface area (Å²) in [6.07, 6.45) is 0. The standard InChI is InChI=1S/C17H17N7OS2/c1-11-7-8-15(25)13(9-11)14(19-20-16(18)26)10-27-17-21-22-23-24(17)12-5-3-2-4-6-12/h2-9,25H,10H2,1H3,(H3,18,20,26). The molecule has 8 nitrogen and oxygen atoms in total. The number of nitrogens with one attached hydrogen (secondary N) is 1. The Balaban J connectivity index is 1.86. The van der Waals surface area contributed by atoms with Gasteiger partial charge in [0.2, 0.25) is 5.16 Å². The minimum atomic E-state index is 0.0405. The number of hydrogen-bond donors (Lipinski definition) is 3. The van der Waals surface area contributed by atoms with Crippen molar-refractivity contribution < 1.29 is 5.11 Å². The van der Waals surface area contributed by atoms with Gasteiger partial charge in [0, 0.05) is 11.3 Å². The van der Waals surface area contributed by atoms with E-state index in [1.807, 2.05) is 49.4 Å². The number of nitrogens with two attached hydrogens (primary N) is 1. The van der Waals surface area contributed by atoms with Crippen molar-refractivity contribution in [1.29, 1.82) is 0 Å². The van der Waals surface area contributed by atoms with Crippen LogP contribution in [0.15, 0.2) is 58.8 Å². The lowest BCUT2D eigenvalue weighted by Crippen LogP contribution is -2.26. The second kappa shape index (κ2) is 8.60. The summed E-state index contributed by atoms with van der Waals surface area (Å²) in [4.78, 5) is 0. The first-order valence-electron chi connectivity index (χ1n) is 7.93. The summed E-state index contributed by atoms with van der Waals surface area (Å²) in [6, 6.07) is 14.9. The number of phenols is 1. The number of benzene rings is 2. The molecule has 0 spiro atoms. The molecule has 3 aromatic rings. The van der Waals surface area contributed by atoms with Crippen LogP contribution in [0.1, 0.15) is 11.1 Å². The van der Waals surface area contributed by atoms with Crippen molar-refractivity contribution in [3.63, 3.8) is 0 Å². The summed E-state index contributed by atoms with van der Waals surface area (Å²) in [7, 11) is 0. The van der Waals surface area contributed by atoms with Gasteiger partial charge in [-0.2, -0.15) is 9.78 Å². The van der Waals surface area contributed by atoms with Gasteiger partial charge in [-0.15, -0.1) is 5.10 Å². The Labute approximate surface area is 165 Å². The number of aryl methyl sites for hydroxylation is 1. The fraction of sp³-hybridized carbons (Fsp3) is 0.118. The van der Waals surface area contributed by atoms with Gasteiger partial charge >= 0.3 is 0 Å². The van der Waals surface area contributed by atoms with Crippen LogP contribution in [0.25, 0.3) is 5.69 Å². The van der Waals surface area contributed by atoms with Crippen molar-refractivity contribution in [3.05, 3.63) is 59.7 Å². The van der Waals surface area contributed by atoms with Crippen molar-refractivity contribution in [1.82, 2.24) is 25.6 Å². The number of para-hydroxylation sites is 1. The molecule has 1 aromatic heterocycles. The van der Waals surface area contributed by atoms with Gasteiger partial charge in [0.1, 0.15) is 5.75 Å². The average molecular weight is 400 g/mol. The fourth-order valence-corrected chi connectivity index (χ4v) is 3.20. The lowest BCUT2D eigenvalue weighted by Gasteiger charge is -2.10. The van der Waals surface area contributed by atoms with Gasteiger partial charge in [-0.25, -0.2) is 0 Å². The van der Waals surface area contributed by atoms with E-state index in [1.54, 1.807) is 10.7 Å². The third kappa shape index (κ3) is 4.80. The van der Waals surface area contributed by atoms with E-state index in [4.69, 9.17) is 18.0 Å². The summed E-state index contributed by atoms with van der Waals surface area (Å²) >= 11 is 6.20. The Morgan fingerprint density at radius 3 is 2.81 bits per heavy atom. The van der Waals surface area contributed by atoms with E-state index in [9.17, 15) is 5.11 Å². The molecule has 0 amide bonds. The average Bonchev–Trinajstić information content (AvgIpc) is 3.13. The molecule has 0 aliphatic rings. The van der Waals surface area contributed by atoms with Crippen LogP contribution in [-0.4, -0.2) is 41.9 Å². The monoisotopic (exact) mass is 399 g/mol. The number of tetrazole rings is 1. The van der Waals surface area contributed by atoms with E-state index in [2.05, 4.69) is 26.1 Å². The van der Waals surface area contributed by atoms with E-state index in [0.29, 0.717) is 22.2 Å². The molecule has 2 aromatic carbocycles. The number of thioether (sulfide) groups is 1. The van der Waals surface area contributed by atoms with Gasteiger partial charge in [0.05, 0.1) is 11.4 Å². The van der Waals surface area contributed by atoms with Crippen molar-refractivity contribution in [2.75, 3.05) is 5.75 Å². The topological polar surface area (TPSA) is 114 Å². The molecule has 0 bridgehead atoms. The first-order chi connectivity index (χ1) is 13.0. The molecule has 4 N–H and O–H groups in total. The Kier molecular flexibility index (Phi) is 5.99. The number of hydrogen-bond acceptors (Lipinski definition) is 7. The van der Waals surface area contributed by atoms with Crippen LogP contribution in [0.3, 0.4) is 0 Å². The van der Waals surface area contributed by atoms with Crippen LogP contribution >= 0.6 is 24.0 Å². The minimum Gasteiger partial charge on any atom is -0.507 e. The van der Waals surface area contributed by atoms with Gasteiger partial charge in [-0.3, -0.25) is 5.43 Å². The van der Waals surface area contributed by atoms with E-state index in [0.717, 1.165) is 11.3 Å². The van der Waals surface area contributed by atoms with Crippen LogP contribution in [0.4, 0.5) is 0 Å². The van der Waals surface area contributed by atoms with Crippen molar-refractivity contribution >= 4 is 34.8 Å². The third-order valence-electron chi connectivity index (χ3n) is 3.54. The number of aromatic nitrogens is 4. The molecular weight excluding hydrogens is 382 g/mol. The lowest BCUT2D eigenvalue weighted by atomic mass is 10.1. The van der Waals surface area contributed by atoms with Crippen molar-refractivity contribution in [2.45, 2.75) is 12.1 Å². The Bertz CT molecular complexity index is 972. The summed E-state index contributed by atoms with van der Waals surface area (Å²) in [6.45, 7) is 1.94. The predicted octanol–water partition coefficient (Wildman–Crippen LogP) is 2.01. The molecule has 0 saturated carbocycles. The fourth-order valence-electron chi connectivity index (χ4n) is 2.31. The SMILES string of the molecule is Cc1ccc(O)c(C(CSc2nnnn2-c2ccccc2)=NNC(N)=S)c1. The second-order valence-corrected chi connectivity index (χ2v) is 6.93. The molecule has 0 atom stereocenters. The minimum absolute atomic E-state index is 0.0405. The molecule has 0 radical (unpaired) electrons. The van der Waals surface area contributed by atoms with Gasteiger partial charge < -0.3 is 10.8 Å². The second-order valence-electron chi connectivity index (χ2n) is 5.55. The molecule has 1 heterocycles. The summed E-state index contributed by atoms with van der Waals surface area (Å²) in [5.74, 6) is 0.507. The molecule has 0 aliphatic carbocycles. The van der Waals surface area contributed by atoms with Crippen molar-refractivity contribution in [3.8, 4) is 11.4 Å². The zero-order valence-corrected chi connectivity index (χ0v) is 16.0. The first-order valence-corrected chi connectivity index (χ1v) is 9.32. The maximum atomic E-state index is 10.2. The van der Waals surface area contributed by atoms with Crippen LogP contribution < -0.4 is 11.2 Å². The molecule has 10 heteroatoms. The third-order valence-corrected chi connectivity index (χ3v) is 4.57. The Hall–Kier alpha value is -2.98. The summed E-state index contributed by atoms with van der Waals surface area (Å²) in [5, 5.41) is 27.0. The van der Waals surface area contributed by atoms with Gasteiger partial charge in [0.15, 0.2) is 5.11 Å². The van der Waals surface area contributed by atoms with Crippen LogP contribution in [0.5, 0.6) is 5.75 Å². The van der Waals surface area contributed by atoms with E-state index >= 15 is 0 Å². The Morgan fingerprint density at radius 2 is 2.07 bits per heavy atom. The van der Waals surface area contributed by atoms with Crippen LogP contribution in [0.2, 0.25) is 0 Å². The molecule has 27 heavy (non-hydrogen) atoms. The zero-order chi connectivity index (χ0) is 19.2. The smallest absolute Gasteiger partial charge is 0.214 e. The first kappa shape index (κ1) is 18.8. The number of rotatable bonds is 6. The molecular formula is C17H17N7OS2. The normalized spacial score (nSPS) is 11.4. The number of nitrogens with zero attached hydrogens (tertiary/aromatic N) is 5. The lowest BCUT2D eigenvalue weighted by molar-refractivity contribution is 0.474. The largest absolute Gasteiger partial charge is 0.507 e. The highest BCUT2D eigenvalue weighted by molar-refractivity contribution is 7.99. The maximum absolute atomic E-state index is 10.2. The highest BCUT2D eigenvalue weighted by Gasteiger charge is 2.14. The zero-order valence-electron chi connectivity index (χ0n) is 14.4. The molecule has 138 valence electrons. The number of hydrazone groups is 1. The van der Waals surface area contributed by atoms with Crippen LogP contribution in [0, 0.1) is 6.92 Å². The quantitative estimate of drug-likeness (QED) is 0.250. The molecule has 0 unspecified atom stereocenters. The number of aromatic hydroxyl groups is 1. The Morgan fingerprint density at radius 1 is 1.30 bits per heavy atom. The summed E-state index contributed by atoms with van der Waals surface area (Å²) in [5.41, 5.74) is 11.1. The maximum Gasteiger partial charge on any atom is 0.214 e. The predicted molar refractivity (Wildman–Crippen MR) is 109 cm³/mol. The highest BCUT2D eigenvalue weighted by Crippen LogP contribution is 2.24. The van der Waals surface area contributed by atoms with Crippen LogP contribution in [-0.2, 0) is 0 Å². The van der Waals surface area contributed by atoms with Gasteiger partial charge in [-0.1, -0.05) is 41.6 Å². The van der Waals surface area contributed by atoms with Gasteiger partial charge in [0.25, 0.3) is 0 Å². The molecule has 0 fully saturated rings. The summed E-state index contributed by atoms with van der Waals surface area (Å²) < 4.78 is 1.64. The van der Waals surface area contributed by atoms with E-state index < -0.39 is 0 Å². The molecule has 0 aliphatic heterocycles. The molecule has 0 saturated heterocycles.